The Morgan fingerprint density at radius 3 is 2.31 bits per heavy atom. The highest BCUT2D eigenvalue weighted by Crippen LogP contribution is 2.45. The number of nitrogens with two attached hydrogens (primary N) is 2. The van der Waals surface area contributed by atoms with E-state index >= 15 is 0 Å². The van der Waals surface area contributed by atoms with Crippen molar-refractivity contribution in [2.24, 2.45) is 5.14 Å². The zero-order valence-electron chi connectivity index (χ0n) is 17.7. The summed E-state index contributed by atoms with van der Waals surface area (Å²) in [7, 11) is -8.93. The number of tetrazole rings is 1. The maximum atomic E-state index is 13.6. The van der Waals surface area contributed by atoms with Crippen molar-refractivity contribution >= 4 is 46.5 Å². The molecule has 2 aromatic carbocycles. The van der Waals surface area contributed by atoms with E-state index in [0.717, 1.165) is 18.2 Å². The Hall–Kier alpha value is -3.19. The van der Waals surface area contributed by atoms with E-state index in [1.807, 2.05) is 0 Å². The molecule has 4 aromatic rings. The first-order valence-electron chi connectivity index (χ1n) is 9.95. The maximum absolute atomic E-state index is 13.6. The highest BCUT2D eigenvalue weighted by Gasteiger charge is 2.39. The molecule has 5 rings (SSSR count). The third kappa shape index (κ3) is 3.90. The average Bonchev–Trinajstić information content (AvgIpc) is 3.38. The fourth-order valence-electron chi connectivity index (χ4n) is 3.91. The third-order valence-corrected chi connectivity index (χ3v) is 9.82. The molecule has 0 unspecified atom stereocenters. The van der Waals surface area contributed by atoms with E-state index < -0.39 is 46.6 Å². The molecule has 0 spiro atoms. The summed E-state index contributed by atoms with van der Waals surface area (Å²) >= 11 is 0.601. The van der Waals surface area contributed by atoms with Gasteiger partial charge in [0, 0.05) is 18.7 Å². The lowest BCUT2D eigenvalue weighted by molar-refractivity contribution is -0.136. The quantitative estimate of drug-likeness (QED) is 0.274. The van der Waals surface area contributed by atoms with Crippen molar-refractivity contribution in [3.8, 4) is 22.5 Å². The van der Waals surface area contributed by atoms with Crippen molar-refractivity contribution in [1.29, 1.82) is 0 Å². The largest absolute Gasteiger partial charge is 0.417 e. The number of aromatic amines is 1. The van der Waals surface area contributed by atoms with Crippen molar-refractivity contribution in [1.82, 2.24) is 30.9 Å². The molecule has 0 bridgehead atoms. The molecular weight excluding hydrogens is 545 g/mol. The van der Waals surface area contributed by atoms with Gasteiger partial charge in [-0.15, -0.1) is 10.2 Å². The third-order valence-electron chi connectivity index (χ3n) is 5.62. The number of sulfone groups is 1. The number of primary sulfonamides is 1. The topological polar surface area (TPSA) is 200 Å². The summed E-state index contributed by atoms with van der Waals surface area (Å²) in [5, 5.41) is 20.4. The summed E-state index contributed by atoms with van der Waals surface area (Å²) in [6, 6.07) is 4.18. The molecule has 18 heteroatoms. The minimum atomic E-state index is -4.74. The molecule has 1 aliphatic heterocycles. The predicted octanol–water partition coefficient (Wildman–Crippen LogP) is 1.14. The van der Waals surface area contributed by atoms with Gasteiger partial charge < -0.3 is 11.1 Å². The molecule has 6 N–H and O–H groups in total. The lowest BCUT2D eigenvalue weighted by Crippen LogP contribution is -2.51. The number of sulfonamides is 1. The minimum absolute atomic E-state index is 0.0323. The number of hydrogen-bond acceptors (Lipinski definition) is 11. The number of benzene rings is 2. The van der Waals surface area contributed by atoms with E-state index in [4.69, 9.17) is 10.9 Å². The Morgan fingerprint density at radius 1 is 1.06 bits per heavy atom. The van der Waals surface area contributed by atoms with Crippen LogP contribution in [0, 0.1) is 0 Å². The SMILES string of the molecule is Nc1nc2c(-c3ccc(S(=O)(=O)C4CNC4)c(S(N)(=O)=O)c3-c3nn[nH]n3)ccc(C(F)(F)F)c2s1. The van der Waals surface area contributed by atoms with Crippen molar-refractivity contribution in [3.63, 3.8) is 0 Å². The molecule has 1 saturated heterocycles. The molecular formula is C18H15F3N8O4S3. The number of H-pyrrole nitrogens is 1. The standard InChI is InChI=1S/C18H15F3N8O4S3/c19-18(20,21)10-3-1-9(13-14(10)34-17(22)25-13)8-2-4-11(35(30,31)7-5-24-6-7)15(36(23,32)33)12(8)16-26-28-29-27-16/h1-4,7,24H,5-6H2,(H2,22,25)(H2,23,32,33)(H,26,27,28,29). The first-order valence-corrected chi connectivity index (χ1v) is 13.9. The van der Waals surface area contributed by atoms with Crippen LogP contribution < -0.4 is 16.2 Å². The molecule has 2 aromatic heterocycles. The normalized spacial score (nSPS) is 15.3. The molecule has 36 heavy (non-hydrogen) atoms. The van der Waals surface area contributed by atoms with E-state index in [-0.39, 0.29) is 51.0 Å². The molecule has 1 aliphatic rings. The highest BCUT2D eigenvalue weighted by molar-refractivity contribution is 7.94. The summed E-state index contributed by atoms with van der Waals surface area (Å²) in [5.74, 6) is -0.339. The van der Waals surface area contributed by atoms with Gasteiger partial charge in [-0.05, 0) is 22.9 Å². The van der Waals surface area contributed by atoms with Gasteiger partial charge >= 0.3 is 6.18 Å². The van der Waals surface area contributed by atoms with Crippen LogP contribution in [-0.4, -0.2) is 60.8 Å². The molecule has 190 valence electrons. The van der Waals surface area contributed by atoms with E-state index in [1.54, 1.807) is 0 Å². The van der Waals surface area contributed by atoms with Gasteiger partial charge in [-0.3, -0.25) is 0 Å². The van der Waals surface area contributed by atoms with Crippen LogP contribution in [0.4, 0.5) is 18.3 Å². The molecule has 0 radical (unpaired) electrons. The highest BCUT2D eigenvalue weighted by atomic mass is 32.2. The number of aromatic nitrogens is 5. The molecule has 1 fully saturated rings. The van der Waals surface area contributed by atoms with E-state index in [2.05, 4.69) is 30.9 Å². The van der Waals surface area contributed by atoms with Gasteiger partial charge in [0.1, 0.15) is 4.90 Å². The van der Waals surface area contributed by atoms with Crippen molar-refractivity contribution in [3.05, 3.63) is 29.8 Å². The molecule has 0 atom stereocenters. The number of nitrogens with zero attached hydrogens (tertiary/aromatic N) is 4. The van der Waals surface area contributed by atoms with Crippen LogP contribution in [0.25, 0.3) is 32.7 Å². The van der Waals surface area contributed by atoms with Gasteiger partial charge in [-0.1, -0.05) is 23.5 Å². The Bertz CT molecular complexity index is 1710. The Morgan fingerprint density at radius 2 is 1.75 bits per heavy atom. The number of rotatable bonds is 5. The van der Waals surface area contributed by atoms with Gasteiger partial charge in [-0.2, -0.15) is 18.4 Å². The second kappa shape index (κ2) is 8.17. The van der Waals surface area contributed by atoms with Gasteiger partial charge in [0.2, 0.25) is 15.8 Å². The number of hydrogen-bond donors (Lipinski definition) is 4. The summed E-state index contributed by atoms with van der Waals surface area (Å²) in [5.41, 5.74) is 4.21. The summed E-state index contributed by atoms with van der Waals surface area (Å²) in [6.07, 6.45) is -4.72. The Labute approximate surface area is 204 Å². The van der Waals surface area contributed by atoms with Crippen molar-refractivity contribution in [2.45, 2.75) is 21.2 Å². The minimum Gasteiger partial charge on any atom is -0.375 e. The maximum Gasteiger partial charge on any atom is 0.417 e. The number of halogens is 3. The van der Waals surface area contributed by atoms with Crippen LogP contribution in [0.3, 0.4) is 0 Å². The van der Waals surface area contributed by atoms with Crippen molar-refractivity contribution < 1.29 is 30.0 Å². The predicted molar refractivity (Wildman–Crippen MR) is 123 cm³/mol. The van der Waals surface area contributed by atoms with Crippen LogP contribution in [-0.2, 0) is 26.0 Å². The van der Waals surface area contributed by atoms with E-state index in [0.29, 0.717) is 11.3 Å². The summed E-state index contributed by atoms with van der Waals surface area (Å²) in [4.78, 5) is 2.64. The van der Waals surface area contributed by atoms with Crippen molar-refractivity contribution in [2.75, 3.05) is 18.8 Å². The first-order chi connectivity index (χ1) is 16.8. The molecule has 0 saturated carbocycles. The summed E-state index contributed by atoms with van der Waals surface area (Å²) < 4.78 is 92.7. The van der Waals surface area contributed by atoms with E-state index in [1.165, 1.54) is 6.07 Å². The van der Waals surface area contributed by atoms with Crippen LogP contribution in [0.5, 0.6) is 0 Å². The first kappa shape index (κ1) is 24.5. The fraction of sp³-hybridized carbons (Fsp3) is 0.222. The van der Waals surface area contributed by atoms with Crippen LogP contribution in [0.2, 0.25) is 0 Å². The van der Waals surface area contributed by atoms with Gasteiger partial charge in [0.25, 0.3) is 0 Å². The number of nitrogen functional groups attached to an aromatic ring is 1. The molecule has 12 nitrogen and oxygen atoms in total. The Balaban J connectivity index is 1.90. The van der Waals surface area contributed by atoms with Crippen LogP contribution in [0.1, 0.15) is 5.56 Å². The lowest BCUT2D eigenvalue weighted by Gasteiger charge is -2.28. The average molecular weight is 561 g/mol. The number of fused-ring (bicyclic) bond motifs is 1. The second-order valence-corrected chi connectivity index (χ2v) is 12.5. The smallest absolute Gasteiger partial charge is 0.375 e. The number of alkyl halides is 3. The molecule has 3 heterocycles. The zero-order chi connectivity index (χ0) is 26.0. The van der Waals surface area contributed by atoms with Gasteiger partial charge in [0.15, 0.2) is 15.0 Å². The fourth-order valence-corrected chi connectivity index (χ4v) is 7.98. The molecule has 0 amide bonds. The second-order valence-electron chi connectivity index (χ2n) is 7.81. The van der Waals surface area contributed by atoms with Gasteiger partial charge in [-0.25, -0.2) is 27.0 Å². The monoisotopic (exact) mass is 560 g/mol. The lowest BCUT2D eigenvalue weighted by atomic mass is 9.96. The number of nitrogens with one attached hydrogen (secondary N) is 2. The number of thiazole rings is 1. The number of anilines is 1. The van der Waals surface area contributed by atoms with Crippen LogP contribution >= 0.6 is 11.3 Å². The molecule has 0 aliphatic carbocycles. The summed E-state index contributed by atoms with van der Waals surface area (Å²) in [6.45, 7) is 0.201. The zero-order valence-corrected chi connectivity index (χ0v) is 20.2. The van der Waals surface area contributed by atoms with Gasteiger partial charge in [0.05, 0.1) is 31.5 Å². The van der Waals surface area contributed by atoms with E-state index in [9.17, 15) is 30.0 Å². The Kier molecular flexibility index (Phi) is 5.56. The van der Waals surface area contributed by atoms with Crippen LogP contribution in [0.15, 0.2) is 34.1 Å².